The summed E-state index contributed by atoms with van der Waals surface area (Å²) in [6.07, 6.45) is 7.25. The second-order valence-electron chi connectivity index (χ2n) is 4.68. The summed E-state index contributed by atoms with van der Waals surface area (Å²) in [5.74, 6) is 0. The molecule has 1 aliphatic rings. The average molecular weight is 255 g/mol. The topological polar surface area (TPSA) is 27.6 Å². The smallest absolute Gasteiger partial charge is 0.0681 e. The molecular weight excluding hydrogens is 234 g/mol. The van der Waals surface area contributed by atoms with Crippen LogP contribution >= 0.6 is 0 Å². The Morgan fingerprint density at radius 1 is 1.37 bits per heavy atom. The van der Waals surface area contributed by atoms with E-state index in [1.807, 2.05) is 18.3 Å². The van der Waals surface area contributed by atoms with Gasteiger partial charge in [0.1, 0.15) is 0 Å². The van der Waals surface area contributed by atoms with E-state index in [4.69, 9.17) is 0 Å². The molecule has 1 heterocycles. The summed E-state index contributed by atoms with van der Waals surface area (Å²) in [6.45, 7) is 5.09. The van der Waals surface area contributed by atoms with Gasteiger partial charge in [-0.3, -0.25) is 5.01 Å². The van der Waals surface area contributed by atoms with Crippen molar-refractivity contribution in [2.75, 3.05) is 23.9 Å². The molecule has 3 heteroatoms. The van der Waals surface area contributed by atoms with Crippen LogP contribution in [0.4, 0.5) is 11.4 Å². The Kier molecular flexibility index (Phi) is 4.39. The molecule has 19 heavy (non-hydrogen) atoms. The Balaban J connectivity index is 2.07. The SMILES string of the molecule is C/C=C\C/C(C)=C1/C=NN(c2ccc(NC)cc2)C1. The standard InChI is InChI=1S/C16H21N3/c1-4-5-6-13(2)14-11-18-19(12-14)16-9-7-15(17-3)8-10-16/h4-5,7-11,17H,6,12H2,1-3H3/b5-4-,14-13-. The molecule has 3 nitrogen and oxygen atoms in total. The van der Waals surface area contributed by atoms with Crippen molar-refractivity contribution in [1.29, 1.82) is 0 Å². The molecule has 2 rings (SSSR count). The van der Waals surface area contributed by atoms with E-state index in [1.165, 1.54) is 11.1 Å². The van der Waals surface area contributed by atoms with Gasteiger partial charge in [0, 0.05) is 12.7 Å². The lowest BCUT2D eigenvalue weighted by Gasteiger charge is -2.14. The predicted molar refractivity (Wildman–Crippen MR) is 84.0 cm³/mol. The average Bonchev–Trinajstić information content (AvgIpc) is 2.94. The number of hydrazone groups is 1. The Labute approximate surface area is 115 Å². The van der Waals surface area contributed by atoms with Crippen molar-refractivity contribution >= 4 is 17.6 Å². The summed E-state index contributed by atoms with van der Waals surface area (Å²) in [7, 11) is 1.93. The highest BCUT2D eigenvalue weighted by molar-refractivity contribution is 5.85. The fraction of sp³-hybridized carbons (Fsp3) is 0.312. The van der Waals surface area contributed by atoms with Crippen molar-refractivity contribution in [3.8, 4) is 0 Å². The first-order valence-electron chi connectivity index (χ1n) is 6.63. The minimum Gasteiger partial charge on any atom is -0.388 e. The van der Waals surface area contributed by atoms with Crippen LogP contribution in [0.5, 0.6) is 0 Å². The lowest BCUT2D eigenvalue weighted by Crippen LogP contribution is -2.13. The molecule has 0 unspecified atom stereocenters. The van der Waals surface area contributed by atoms with Crippen LogP contribution in [0.3, 0.4) is 0 Å². The number of anilines is 2. The molecule has 0 saturated heterocycles. The summed E-state index contributed by atoms with van der Waals surface area (Å²) in [5.41, 5.74) is 4.95. The highest BCUT2D eigenvalue weighted by atomic mass is 15.5. The number of hydrogen-bond donors (Lipinski definition) is 1. The number of benzene rings is 1. The van der Waals surface area contributed by atoms with E-state index in [0.717, 1.165) is 24.3 Å². The van der Waals surface area contributed by atoms with Gasteiger partial charge in [0.2, 0.25) is 0 Å². The first kappa shape index (κ1) is 13.4. The van der Waals surface area contributed by atoms with Gasteiger partial charge in [-0.15, -0.1) is 0 Å². The van der Waals surface area contributed by atoms with Crippen molar-refractivity contribution in [2.45, 2.75) is 20.3 Å². The van der Waals surface area contributed by atoms with E-state index in [9.17, 15) is 0 Å². The molecule has 100 valence electrons. The third-order valence-electron chi connectivity index (χ3n) is 3.34. The van der Waals surface area contributed by atoms with Crippen LogP contribution in [-0.4, -0.2) is 19.8 Å². The van der Waals surface area contributed by atoms with Crippen molar-refractivity contribution in [3.05, 3.63) is 47.6 Å². The molecule has 0 radical (unpaired) electrons. The zero-order chi connectivity index (χ0) is 13.7. The second kappa shape index (κ2) is 6.23. The van der Waals surface area contributed by atoms with E-state index >= 15 is 0 Å². The predicted octanol–water partition coefficient (Wildman–Crippen LogP) is 3.82. The molecule has 0 amide bonds. The van der Waals surface area contributed by atoms with Gasteiger partial charge >= 0.3 is 0 Å². The van der Waals surface area contributed by atoms with Crippen molar-refractivity contribution in [1.82, 2.24) is 0 Å². The summed E-state index contributed by atoms with van der Waals surface area (Å²) in [4.78, 5) is 0. The van der Waals surface area contributed by atoms with E-state index in [2.05, 4.69) is 60.7 Å². The van der Waals surface area contributed by atoms with Crippen LogP contribution in [0.2, 0.25) is 0 Å². The fourth-order valence-corrected chi connectivity index (χ4v) is 2.01. The van der Waals surface area contributed by atoms with Crippen LogP contribution in [0, 0.1) is 0 Å². The minimum absolute atomic E-state index is 0.863. The van der Waals surface area contributed by atoms with Gasteiger partial charge in [0.15, 0.2) is 0 Å². The van der Waals surface area contributed by atoms with Gasteiger partial charge in [-0.2, -0.15) is 5.10 Å². The lowest BCUT2D eigenvalue weighted by atomic mass is 10.1. The molecule has 0 fully saturated rings. The van der Waals surface area contributed by atoms with Crippen molar-refractivity contribution in [3.63, 3.8) is 0 Å². The maximum atomic E-state index is 4.48. The first-order chi connectivity index (χ1) is 9.24. The molecule has 0 aromatic heterocycles. The van der Waals surface area contributed by atoms with Crippen LogP contribution < -0.4 is 10.3 Å². The molecule has 0 spiro atoms. The zero-order valence-corrected chi connectivity index (χ0v) is 11.9. The molecule has 1 aliphatic heterocycles. The van der Waals surface area contributed by atoms with Crippen LogP contribution in [0.1, 0.15) is 20.3 Å². The summed E-state index contributed by atoms with van der Waals surface area (Å²) < 4.78 is 0. The van der Waals surface area contributed by atoms with Crippen LogP contribution in [-0.2, 0) is 0 Å². The molecule has 0 aliphatic carbocycles. The third-order valence-corrected chi connectivity index (χ3v) is 3.34. The molecule has 0 saturated carbocycles. The zero-order valence-electron chi connectivity index (χ0n) is 11.9. The van der Waals surface area contributed by atoms with Crippen LogP contribution in [0.15, 0.2) is 52.7 Å². The normalized spacial score (nSPS) is 17.3. The Bertz CT molecular complexity index is 509. The third kappa shape index (κ3) is 3.25. The number of nitrogens with zero attached hydrogens (tertiary/aromatic N) is 2. The van der Waals surface area contributed by atoms with Gasteiger partial charge < -0.3 is 5.32 Å². The molecule has 1 N–H and O–H groups in total. The highest BCUT2D eigenvalue weighted by Crippen LogP contribution is 2.23. The van der Waals surface area contributed by atoms with Gasteiger partial charge in [-0.05, 0) is 50.1 Å². The van der Waals surface area contributed by atoms with Gasteiger partial charge in [-0.25, -0.2) is 0 Å². The Hall–Kier alpha value is -2.03. The highest BCUT2D eigenvalue weighted by Gasteiger charge is 2.14. The minimum atomic E-state index is 0.863. The van der Waals surface area contributed by atoms with Crippen molar-refractivity contribution in [2.24, 2.45) is 5.10 Å². The lowest BCUT2D eigenvalue weighted by molar-refractivity contribution is 0.961. The van der Waals surface area contributed by atoms with E-state index in [-0.39, 0.29) is 0 Å². The maximum Gasteiger partial charge on any atom is 0.0681 e. The van der Waals surface area contributed by atoms with Gasteiger partial charge in [0.05, 0.1) is 18.4 Å². The van der Waals surface area contributed by atoms with E-state index in [0.29, 0.717) is 0 Å². The largest absolute Gasteiger partial charge is 0.388 e. The first-order valence-corrected chi connectivity index (χ1v) is 6.63. The molecule has 1 aromatic rings. The molecule has 0 bridgehead atoms. The summed E-state index contributed by atoms with van der Waals surface area (Å²) >= 11 is 0. The number of rotatable bonds is 4. The number of nitrogens with one attached hydrogen (secondary N) is 1. The van der Waals surface area contributed by atoms with E-state index < -0.39 is 0 Å². The van der Waals surface area contributed by atoms with Gasteiger partial charge in [0.25, 0.3) is 0 Å². The molecular formula is C16H21N3. The van der Waals surface area contributed by atoms with E-state index in [1.54, 1.807) is 0 Å². The van der Waals surface area contributed by atoms with Crippen molar-refractivity contribution < 1.29 is 0 Å². The number of allylic oxidation sites excluding steroid dienone is 3. The monoisotopic (exact) mass is 255 g/mol. The quantitative estimate of drug-likeness (QED) is 0.828. The maximum absolute atomic E-state index is 4.48. The number of hydrogen-bond acceptors (Lipinski definition) is 3. The Morgan fingerprint density at radius 3 is 2.74 bits per heavy atom. The van der Waals surface area contributed by atoms with Gasteiger partial charge in [-0.1, -0.05) is 17.7 Å². The molecule has 0 atom stereocenters. The van der Waals surface area contributed by atoms with Crippen LogP contribution in [0.25, 0.3) is 0 Å². The summed E-state index contributed by atoms with van der Waals surface area (Å²) in [6, 6.07) is 8.32. The fourth-order valence-electron chi connectivity index (χ4n) is 2.01. The molecule has 1 aromatic carbocycles. The second-order valence-corrected chi connectivity index (χ2v) is 4.68. The Morgan fingerprint density at radius 2 is 2.11 bits per heavy atom. The summed E-state index contributed by atoms with van der Waals surface area (Å²) in [5, 5.41) is 9.63.